The molecule has 0 saturated heterocycles. The van der Waals surface area contributed by atoms with Gasteiger partial charge in [-0.2, -0.15) is 0 Å². The minimum atomic E-state index is -0.0689. The van der Waals surface area contributed by atoms with Gasteiger partial charge < -0.3 is 9.84 Å². The SMILES string of the molecule is CSc1ccccc1Oc1ccc(CO)c(Cl)c1. The lowest BCUT2D eigenvalue weighted by Gasteiger charge is -2.10. The van der Waals surface area contributed by atoms with Crippen molar-refractivity contribution >= 4 is 23.4 Å². The Morgan fingerprint density at radius 1 is 1.22 bits per heavy atom. The monoisotopic (exact) mass is 280 g/mol. The van der Waals surface area contributed by atoms with Gasteiger partial charge in [-0.3, -0.25) is 0 Å². The zero-order valence-corrected chi connectivity index (χ0v) is 11.5. The van der Waals surface area contributed by atoms with E-state index in [1.54, 1.807) is 30.0 Å². The smallest absolute Gasteiger partial charge is 0.140 e. The lowest BCUT2D eigenvalue weighted by molar-refractivity contribution is 0.282. The van der Waals surface area contributed by atoms with Crippen molar-refractivity contribution in [2.24, 2.45) is 0 Å². The third-order valence-corrected chi connectivity index (χ3v) is 3.62. The van der Waals surface area contributed by atoms with E-state index >= 15 is 0 Å². The zero-order valence-electron chi connectivity index (χ0n) is 9.89. The maximum Gasteiger partial charge on any atom is 0.140 e. The molecular weight excluding hydrogens is 268 g/mol. The molecule has 0 aliphatic rings. The Labute approximate surface area is 116 Å². The average molecular weight is 281 g/mol. The van der Waals surface area contributed by atoms with Crippen molar-refractivity contribution in [2.75, 3.05) is 6.26 Å². The highest BCUT2D eigenvalue weighted by Crippen LogP contribution is 2.32. The first-order valence-electron chi connectivity index (χ1n) is 5.44. The van der Waals surface area contributed by atoms with E-state index in [1.807, 2.05) is 30.5 Å². The number of hydrogen-bond donors (Lipinski definition) is 1. The number of ether oxygens (including phenoxy) is 1. The molecule has 2 aromatic carbocycles. The molecule has 0 unspecified atom stereocenters. The number of rotatable bonds is 4. The summed E-state index contributed by atoms with van der Waals surface area (Å²) in [6.45, 7) is -0.0689. The van der Waals surface area contributed by atoms with Crippen molar-refractivity contribution in [3.05, 3.63) is 53.1 Å². The van der Waals surface area contributed by atoms with Crippen molar-refractivity contribution in [3.8, 4) is 11.5 Å². The van der Waals surface area contributed by atoms with E-state index in [-0.39, 0.29) is 6.61 Å². The standard InChI is InChI=1S/C14H13ClO2S/c1-18-14-5-3-2-4-13(14)17-11-7-6-10(9-16)12(15)8-11/h2-8,16H,9H2,1H3. The highest BCUT2D eigenvalue weighted by Gasteiger charge is 2.05. The van der Waals surface area contributed by atoms with Crippen LogP contribution in [0.1, 0.15) is 5.56 Å². The second kappa shape index (κ2) is 6.14. The Bertz CT molecular complexity index is 543. The van der Waals surface area contributed by atoms with E-state index in [0.717, 1.165) is 10.6 Å². The van der Waals surface area contributed by atoms with Crippen LogP contribution in [0.15, 0.2) is 47.4 Å². The maximum atomic E-state index is 9.05. The predicted molar refractivity (Wildman–Crippen MR) is 75.7 cm³/mol. The fraction of sp³-hybridized carbons (Fsp3) is 0.143. The molecule has 0 aromatic heterocycles. The fourth-order valence-electron chi connectivity index (χ4n) is 1.55. The molecule has 0 bridgehead atoms. The molecule has 2 rings (SSSR count). The third-order valence-electron chi connectivity index (χ3n) is 2.49. The molecule has 0 spiro atoms. The van der Waals surface area contributed by atoms with E-state index in [4.69, 9.17) is 21.4 Å². The quantitative estimate of drug-likeness (QED) is 0.845. The maximum absolute atomic E-state index is 9.05. The summed E-state index contributed by atoms with van der Waals surface area (Å²) in [4.78, 5) is 1.07. The van der Waals surface area contributed by atoms with Gasteiger partial charge in [0.15, 0.2) is 0 Å². The number of benzene rings is 2. The number of halogens is 1. The van der Waals surface area contributed by atoms with Crippen molar-refractivity contribution in [3.63, 3.8) is 0 Å². The summed E-state index contributed by atoms with van der Waals surface area (Å²) < 4.78 is 5.79. The summed E-state index contributed by atoms with van der Waals surface area (Å²) >= 11 is 7.65. The van der Waals surface area contributed by atoms with Crippen LogP contribution >= 0.6 is 23.4 Å². The molecule has 1 N–H and O–H groups in total. The van der Waals surface area contributed by atoms with Crippen molar-refractivity contribution < 1.29 is 9.84 Å². The minimum absolute atomic E-state index is 0.0689. The summed E-state index contributed by atoms with van der Waals surface area (Å²) in [7, 11) is 0. The molecule has 0 radical (unpaired) electrons. The summed E-state index contributed by atoms with van der Waals surface area (Å²) in [5, 5.41) is 9.56. The van der Waals surface area contributed by atoms with Gasteiger partial charge in [-0.25, -0.2) is 0 Å². The Morgan fingerprint density at radius 3 is 2.67 bits per heavy atom. The molecular formula is C14H13ClO2S. The van der Waals surface area contributed by atoms with E-state index < -0.39 is 0 Å². The molecule has 0 fully saturated rings. The summed E-state index contributed by atoms with van der Waals surface area (Å²) in [6.07, 6.45) is 2.00. The Morgan fingerprint density at radius 2 is 2.00 bits per heavy atom. The van der Waals surface area contributed by atoms with Gasteiger partial charge in [0.1, 0.15) is 11.5 Å². The number of thioether (sulfide) groups is 1. The fourth-order valence-corrected chi connectivity index (χ4v) is 2.31. The highest BCUT2D eigenvalue weighted by atomic mass is 35.5. The molecule has 0 aliphatic heterocycles. The highest BCUT2D eigenvalue weighted by molar-refractivity contribution is 7.98. The van der Waals surface area contributed by atoms with Gasteiger partial charge in [0.2, 0.25) is 0 Å². The molecule has 2 nitrogen and oxygen atoms in total. The molecule has 4 heteroatoms. The van der Waals surface area contributed by atoms with Gasteiger partial charge in [-0.15, -0.1) is 11.8 Å². The van der Waals surface area contributed by atoms with E-state index in [2.05, 4.69) is 0 Å². The Kier molecular flexibility index (Phi) is 4.53. The van der Waals surface area contributed by atoms with Crippen LogP contribution in [0.5, 0.6) is 11.5 Å². The van der Waals surface area contributed by atoms with Crippen LogP contribution in [0.2, 0.25) is 5.02 Å². The number of aliphatic hydroxyl groups is 1. The molecule has 0 aliphatic carbocycles. The molecule has 0 saturated carbocycles. The summed E-state index contributed by atoms with van der Waals surface area (Å²) in [5.74, 6) is 1.47. The third kappa shape index (κ3) is 2.99. The number of hydrogen-bond acceptors (Lipinski definition) is 3. The number of aliphatic hydroxyl groups excluding tert-OH is 1. The first-order valence-corrected chi connectivity index (χ1v) is 7.05. The molecule has 2 aromatic rings. The first kappa shape index (κ1) is 13.3. The molecule has 0 atom stereocenters. The second-order valence-electron chi connectivity index (χ2n) is 3.66. The summed E-state index contributed by atoms with van der Waals surface area (Å²) in [5.41, 5.74) is 0.696. The van der Waals surface area contributed by atoms with Gasteiger partial charge in [-0.05, 0) is 36.1 Å². The van der Waals surface area contributed by atoms with Crippen LogP contribution in [0.25, 0.3) is 0 Å². The predicted octanol–water partition coefficient (Wildman–Crippen LogP) is 4.35. The zero-order chi connectivity index (χ0) is 13.0. The lowest BCUT2D eigenvalue weighted by atomic mass is 10.2. The van der Waals surface area contributed by atoms with Crippen LogP contribution < -0.4 is 4.74 Å². The van der Waals surface area contributed by atoms with Crippen molar-refractivity contribution in [2.45, 2.75) is 11.5 Å². The van der Waals surface area contributed by atoms with Crippen LogP contribution in [0.3, 0.4) is 0 Å². The van der Waals surface area contributed by atoms with E-state index in [1.165, 1.54) is 0 Å². The second-order valence-corrected chi connectivity index (χ2v) is 4.92. The van der Waals surface area contributed by atoms with Crippen LogP contribution in [0, 0.1) is 0 Å². The largest absolute Gasteiger partial charge is 0.456 e. The first-order chi connectivity index (χ1) is 8.74. The van der Waals surface area contributed by atoms with E-state index in [9.17, 15) is 0 Å². The van der Waals surface area contributed by atoms with Gasteiger partial charge in [0.05, 0.1) is 6.61 Å². The van der Waals surface area contributed by atoms with Crippen molar-refractivity contribution in [1.82, 2.24) is 0 Å². The van der Waals surface area contributed by atoms with Crippen molar-refractivity contribution in [1.29, 1.82) is 0 Å². The summed E-state index contributed by atoms with van der Waals surface area (Å²) in [6, 6.07) is 13.1. The van der Waals surface area contributed by atoms with Crippen LogP contribution in [0.4, 0.5) is 0 Å². The topological polar surface area (TPSA) is 29.5 Å². The Balaban J connectivity index is 2.26. The molecule has 0 amide bonds. The van der Waals surface area contributed by atoms with Gasteiger partial charge in [0.25, 0.3) is 0 Å². The van der Waals surface area contributed by atoms with Crippen LogP contribution in [-0.4, -0.2) is 11.4 Å². The number of para-hydroxylation sites is 1. The van der Waals surface area contributed by atoms with Crippen LogP contribution in [-0.2, 0) is 6.61 Å². The molecule has 18 heavy (non-hydrogen) atoms. The Hall–Kier alpha value is -1.16. The van der Waals surface area contributed by atoms with Gasteiger partial charge in [0, 0.05) is 9.92 Å². The molecule has 0 heterocycles. The van der Waals surface area contributed by atoms with Gasteiger partial charge in [-0.1, -0.05) is 29.8 Å². The average Bonchev–Trinajstić information content (AvgIpc) is 2.39. The van der Waals surface area contributed by atoms with Gasteiger partial charge >= 0.3 is 0 Å². The molecule has 94 valence electrons. The lowest BCUT2D eigenvalue weighted by Crippen LogP contribution is -1.89. The minimum Gasteiger partial charge on any atom is -0.456 e. The normalized spacial score (nSPS) is 10.4. The van der Waals surface area contributed by atoms with E-state index in [0.29, 0.717) is 16.3 Å².